The Balaban J connectivity index is 2.68. The second-order valence-electron chi connectivity index (χ2n) is 2.77. The molecule has 0 unspecified atom stereocenters. The molecule has 78 valence electrons. The molecule has 7 heteroatoms. The van der Waals surface area contributed by atoms with Crippen LogP contribution in [0, 0.1) is 0 Å². The lowest BCUT2D eigenvalue weighted by atomic mass is 9.76. The first kappa shape index (κ1) is 11.1. The Kier molecular flexibility index (Phi) is 3.23. The number of hydrogen-bond donors (Lipinski definition) is 2. The molecular weight excluding hydrogens is 200 g/mol. The molecular formula is C7H8BF3O3. The van der Waals surface area contributed by atoms with Crippen molar-refractivity contribution in [2.45, 2.75) is 19.2 Å². The van der Waals surface area contributed by atoms with Gasteiger partial charge in [0.2, 0.25) is 0 Å². The van der Waals surface area contributed by atoms with Gasteiger partial charge >= 0.3 is 13.5 Å². The number of hydrogen-bond acceptors (Lipinski definition) is 3. The summed E-state index contributed by atoms with van der Waals surface area (Å²) in [7, 11) is -1.76. The van der Waals surface area contributed by atoms with Gasteiger partial charge in [0.15, 0.2) is 0 Å². The van der Waals surface area contributed by atoms with E-state index in [-0.39, 0.29) is 17.7 Å². The predicted octanol–water partition coefficient (Wildman–Crippen LogP) is 1.14. The molecule has 1 aliphatic rings. The molecule has 1 aliphatic carbocycles. The minimum absolute atomic E-state index is 0.0236. The van der Waals surface area contributed by atoms with Crippen LogP contribution in [0.25, 0.3) is 0 Å². The number of halogens is 3. The van der Waals surface area contributed by atoms with E-state index in [9.17, 15) is 13.2 Å². The predicted molar refractivity (Wildman–Crippen MR) is 42.7 cm³/mol. The molecule has 2 N–H and O–H groups in total. The van der Waals surface area contributed by atoms with Gasteiger partial charge in [-0.15, -0.1) is 13.2 Å². The normalized spacial score (nSPS) is 17.2. The lowest BCUT2D eigenvalue weighted by Gasteiger charge is -2.16. The number of alkyl halides is 3. The van der Waals surface area contributed by atoms with E-state index < -0.39 is 13.5 Å². The van der Waals surface area contributed by atoms with Crippen molar-refractivity contribution in [1.82, 2.24) is 0 Å². The molecule has 0 amide bonds. The monoisotopic (exact) mass is 208 g/mol. The fraction of sp³-hybridized carbons (Fsp3) is 0.429. The average Bonchev–Trinajstić information content (AvgIpc) is 2.01. The molecule has 0 aromatic carbocycles. The summed E-state index contributed by atoms with van der Waals surface area (Å²) in [5.74, 6) is -0.303. The summed E-state index contributed by atoms with van der Waals surface area (Å²) in [4.78, 5) is 0. The zero-order chi connectivity index (χ0) is 10.8. The molecule has 0 atom stereocenters. The lowest BCUT2D eigenvalue weighted by molar-refractivity contribution is -0.306. The maximum atomic E-state index is 11.8. The summed E-state index contributed by atoms with van der Waals surface area (Å²) in [6.07, 6.45) is -1.88. The van der Waals surface area contributed by atoms with Crippen LogP contribution >= 0.6 is 0 Å². The van der Waals surface area contributed by atoms with Crippen molar-refractivity contribution < 1.29 is 28.0 Å². The highest BCUT2D eigenvalue weighted by molar-refractivity contribution is 6.51. The van der Waals surface area contributed by atoms with Gasteiger partial charge in [0.05, 0.1) is 0 Å². The minimum Gasteiger partial charge on any atom is -0.423 e. The summed E-state index contributed by atoms with van der Waals surface area (Å²) in [5.41, 5.74) is 0.0236. The van der Waals surface area contributed by atoms with Crippen LogP contribution in [0.2, 0.25) is 0 Å². The SMILES string of the molecule is OB(O)C1=CCCC(OC(F)(F)F)=C1. The van der Waals surface area contributed by atoms with Crippen LogP contribution in [0.4, 0.5) is 13.2 Å². The highest BCUT2D eigenvalue weighted by Gasteiger charge is 2.32. The van der Waals surface area contributed by atoms with E-state index >= 15 is 0 Å². The fourth-order valence-electron chi connectivity index (χ4n) is 1.11. The molecule has 0 saturated heterocycles. The first-order valence-electron chi connectivity index (χ1n) is 3.91. The molecule has 0 saturated carbocycles. The van der Waals surface area contributed by atoms with Crippen molar-refractivity contribution in [2.24, 2.45) is 0 Å². The van der Waals surface area contributed by atoms with Gasteiger partial charge in [-0.1, -0.05) is 6.08 Å². The van der Waals surface area contributed by atoms with Crippen LogP contribution in [0.5, 0.6) is 0 Å². The molecule has 0 fully saturated rings. The Bertz CT molecular complexity index is 270. The van der Waals surface area contributed by atoms with Crippen LogP contribution in [0.15, 0.2) is 23.4 Å². The van der Waals surface area contributed by atoms with E-state index in [1.807, 2.05) is 0 Å². The fourth-order valence-corrected chi connectivity index (χ4v) is 1.11. The van der Waals surface area contributed by atoms with E-state index in [4.69, 9.17) is 10.0 Å². The summed E-state index contributed by atoms with van der Waals surface area (Å²) >= 11 is 0. The van der Waals surface area contributed by atoms with Gasteiger partial charge in [-0.25, -0.2) is 0 Å². The van der Waals surface area contributed by atoms with Crippen molar-refractivity contribution in [3.05, 3.63) is 23.4 Å². The molecule has 0 radical (unpaired) electrons. The Labute approximate surface area is 78.6 Å². The quantitative estimate of drug-likeness (QED) is 0.668. The van der Waals surface area contributed by atoms with Gasteiger partial charge in [-0.05, 0) is 18.0 Å². The average molecular weight is 208 g/mol. The van der Waals surface area contributed by atoms with Crippen molar-refractivity contribution >= 4 is 7.12 Å². The molecule has 0 spiro atoms. The Morgan fingerprint density at radius 3 is 2.50 bits per heavy atom. The largest absolute Gasteiger partial charge is 0.572 e. The zero-order valence-corrected chi connectivity index (χ0v) is 7.08. The second kappa shape index (κ2) is 4.06. The maximum Gasteiger partial charge on any atom is 0.572 e. The van der Waals surface area contributed by atoms with Crippen LogP contribution in [-0.2, 0) is 4.74 Å². The highest BCUT2D eigenvalue weighted by atomic mass is 19.4. The van der Waals surface area contributed by atoms with E-state index in [2.05, 4.69) is 4.74 Å². The Morgan fingerprint density at radius 1 is 1.36 bits per heavy atom. The first-order valence-corrected chi connectivity index (χ1v) is 3.91. The summed E-state index contributed by atoms with van der Waals surface area (Å²) in [6, 6.07) is 0. The van der Waals surface area contributed by atoms with Gasteiger partial charge < -0.3 is 14.8 Å². The van der Waals surface area contributed by atoms with E-state index in [0.717, 1.165) is 6.08 Å². The van der Waals surface area contributed by atoms with Gasteiger partial charge in [-0.3, -0.25) is 0 Å². The Hall–Kier alpha value is -0.945. The first-order chi connectivity index (χ1) is 6.38. The molecule has 1 rings (SSSR count). The molecule has 0 heterocycles. The van der Waals surface area contributed by atoms with Crippen molar-refractivity contribution in [1.29, 1.82) is 0 Å². The van der Waals surface area contributed by atoms with Gasteiger partial charge in [0, 0.05) is 6.42 Å². The van der Waals surface area contributed by atoms with Crippen molar-refractivity contribution in [3.63, 3.8) is 0 Å². The van der Waals surface area contributed by atoms with Crippen LogP contribution in [-0.4, -0.2) is 23.5 Å². The molecule has 0 bridgehead atoms. The molecule has 0 aliphatic heterocycles. The minimum atomic E-state index is -4.73. The molecule has 0 aromatic rings. The van der Waals surface area contributed by atoms with Gasteiger partial charge in [0.25, 0.3) is 0 Å². The number of rotatable bonds is 2. The molecule has 0 aromatic heterocycles. The van der Waals surface area contributed by atoms with Crippen molar-refractivity contribution in [3.8, 4) is 0 Å². The van der Waals surface area contributed by atoms with E-state index in [0.29, 0.717) is 6.42 Å². The number of allylic oxidation sites excluding steroid dienone is 4. The van der Waals surface area contributed by atoms with Crippen LogP contribution in [0.1, 0.15) is 12.8 Å². The van der Waals surface area contributed by atoms with Crippen LogP contribution in [0.3, 0.4) is 0 Å². The highest BCUT2D eigenvalue weighted by Crippen LogP contribution is 2.26. The third-order valence-electron chi connectivity index (χ3n) is 1.64. The Morgan fingerprint density at radius 2 is 2.00 bits per heavy atom. The molecule has 14 heavy (non-hydrogen) atoms. The van der Waals surface area contributed by atoms with Crippen LogP contribution < -0.4 is 0 Å². The maximum absolute atomic E-state index is 11.8. The third-order valence-corrected chi connectivity index (χ3v) is 1.64. The topological polar surface area (TPSA) is 49.7 Å². The van der Waals surface area contributed by atoms with Gasteiger partial charge in [-0.2, -0.15) is 0 Å². The standard InChI is InChI=1S/C7H8BF3O3/c9-7(10,11)14-6-3-1-2-5(4-6)8(12)13/h2,4,12-13H,1,3H2. The zero-order valence-electron chi connectivity index (χ0n) is 7.08. The summed E-state index contributed by atoms with van der Waals surface area (Å²) in [5, 5.41) is 17.4. The summed E-state index contributed by atoms with van der Waals surface area (Å²) in [6.45, 7) is 0. The van der Waals surface area contributed by atoms with Crippen molar-refractivity contribution in [2.75, 3.05) is 0 Å². The smallest absolute Gasteiger partial charge is 0.423 e. The lowest BCUT2D eigenvalue weighted by Crippen LogP contribution is -2.19. The van der Waals surface area contributed by atoms with E-state index in [1.165, 1.54) is 6.08 Å². The number of ether oxygens (including phenoxy) is 1. The second-order valence-corrected chi connectivity index (χ2v) is 2.77. The summed E-state index contributed by atoms with van der Waals surface area (Å²) < 4.78 is 38.9. The third kappa shape index (κ3) is 3.43. The van der Waals surface area contributed by atoms with Gasteiger partial charge in [0.1, 0.15) is 5.76 Å². The van der Waals surface area contributed by atoms with E-state index in [1.54, 1.807) is 0 Å². The molecule has 3 nitrogen and oxygen atoms in total.